The zero-order valence-corrected chi connectivity index (χ0v) is 12.3. The molecule has 1 fully saturated rings. The minimum absolute atomic E-state index is 0.210. The molecule has 1 aliphatic rings. The smallest absolute Gasteiger partial charge is 0.241 e. The average molecular weight is 283 g/mol. The summed E-state index contributed by atoms with van der Waals surface area (Å²) in [7, 11) is -1.99. The number of hydrogen-bond donors (Lipinski definition) is 1. The molecule has 0 radical (unpaired) electrons. The Morgan fingerprint density at radius 2 is 2.11 bits per heavy atom. The fourth-order valence-electron chi connectivity index (χ4n) is 2.33. The van der Waals surface area contributed by atoms with Crippen LogP contribution in [-0.2, 0) is 10.0 Å². The minimum atomic E-state index is -3.39. The molecule has 0 saturated carbocycles. The second kappa shape index (κ2) is 5.88. The number of hydrogen-bond acceptors (Lipinski definition) is 4. The molecular formula is C13H21N3O2S. The Labute approximate surface area is 115 Å². The first-order chi connectivity index (χ1) is 9.03. The molecule has 0 spiro atoms. The maximum absolute atomic E-state index is 11.6. The van der Waals surface area contributed by atoms with Gasteiger partial charge in [-0.1, -0.05) is 6.92 Å². The third-order valence-corrected chi connectivity index (χ3v) is 5.04. The summed E-state index contributed by atoms with van der Waals surface area (Å²) in [6.07, 6.45) is 5.01. The van der Waals surface area contributed by atoms with Gasteiger partial charge in [-0.25, -0.2) is 18.1 Å². The lowest BCUT2D eigenvalue weighted by Crippen LogP contribution is -2.25. The van der Waals surface area contributed by atoms with Crippen LogP contribution in [0.2, 0.25) is 0 Å². The van der Waals surface area contributed by atoms with Crippen LogP contribution in [0.1, 0.15) is 26.2 Å². The van der Waals surface area contributed by atoms with Crippen LogP contribution in [0.25, 0.3) is 0 Å². The molecule has 1 aromatic heterocycles. The van der Waals surface area contributed by atoms with E-state index in [1.54, 1.807) is 12.1 Å². The second-order valence-electron chi connectivity index (χ2n) is 5.08. The van der Waals surface area contributed by atoms with Crippen LogP contribution in [0.5, 0.6) is 0 Å². The van der Waals surface area contributed by atoms with Gasteiger partial charge in [0.25, 0.3) is 0 Å². The van der Waals surface area contributed by atoms with Crippen LogP contribution in [0, 0.1) is 5.92 Å². The van der Waals surface area contributed by atoms with Gasteiger partial charge in [-0.3, -0.25) is 0 Å². The molecule has 0 aliphatic carbocycles. The highest BCUT2D eigenvalue weighted by atomic mass is 32.2. The summed E-state index contributed by atoms with van der Waals surface area (Å²) in [6, 6.07) is 3.41. The molecular weight excluding hydrogens is 262 g/mol. The first-order valence-electron chi connectivity index (χ1n) is 6.67. The third-order valence-electron chi connectivity index (χ3n) is 3.64. The maximum atomic E-state index is 11.6. The molecule has 1 atom stereocenters. The monoisotopic (exact) mass is 283 g/mol. The Hall–Kier alpha value is -1.14. The SMILES string of the molecule is CNS(=O)(=O)c1ccc(N2CCCC(C)CC2)nc1. The Bertz CT molecular complexity index is 513. The van der Waals surface area contributed by atoms with Crippen molar-refractivity contribution in [3.05, 3.63) is 18.3 Å². The number of anilines is 1. The molecule has 2 heterocycles. The second-order valence-corrected chi connectivity index (χ2v) is 6.97. The zero-order valence-electron chi connectivity index (χ0n) is 11.5. The standard InChI is InChI=1S/C13H21N3O2S/c1-11-4-3-8-16(9-7-11)13-6-5-12(10-15-13)19(17,18)14-2/h5-6,10-11,14H,3-4,7-9H2,1-2H3. The number of pyridine rings is 1. The molecule has 0 amide bonds. The van der Waals surface area contributed by atoms with Crippen molar-refractivity contribution in [2.75, 3.05) is 25.0 Å². The van der Waals surface area contributed by atoms with E-state index in [0.717, 1.165) is 31.2 Å². The van der Waals surface area contributed by atoms with Crippen LogP contribution in [0.3, 0.4) is 0 Å². The molecule has 0 aromatic carbocycles. The Kier molecular flexibility index (Phi) is 4.42. The summed E-state index contributed by atoms with van der Waals surface area (Å²) < 4.78 is 25.5. The number of aromatic nitrogens is 1. The highest BCUT2D eigenvalue weighted by Crippen LogP contribution is 2.21. The number of rotatable bonds is 3. The highest BCUT2D eigenvalue weighted by Gasteiger charge is 2.16. The molecule has 2 rings (SSSR count). The van der Waals surface area contributed by atoms with Crippen molar-refractivity contribution in [2.24, 2.45) is 5.92 Å². The van der Waals surface area contributed by atoms with Gasteiger partial charge in [-0.15, -0.1) is 0 Å². The van der Waals surface area contributed by atoms with Crippen molar-refractivity contribution in [1.82, 2.24) is 9.71 Å². The Morgan fingerprint density at radius 1 is 1.32 bits per heavy atom. The minimum Gasteiger partial charge on any atom is -0.357 e. The van der Waals surface area contributed by atoms with Crippen molar-refractivity contribution in [1.29, 1.82) is 0 Å². The normalized spacial score (nSPS) is 21.2. The average Bonchev–Trinajstić information content (AvgIpc) is 2.64. The molecule has 5 nitrogen and oxygen atoms in total. The summed E-state index contributed by atoms with van der Waals surface area (Å²) >= 11 is 0. The van der Waals surface area contributed by atoms with E-state index in [0.29, 0.717) is 0 Å². The quantitative estimate of drug-likeness (QED) is 0.915. The number of sulfonamides is 1. The van der Waals surface area contributed by atoms with Gasteiger partial charge in [0.05, 0.1) is 0 Å². The van der Waals surface area contributed by atoms with Crippen LogP contribution >= 0.6 is 0 Å². The fourth-order valence-corrected chi connectivity index (χ4v) is 3.00. The topological polar surface area (TPSA) is 62.3 Å². The Morgan fingerprint density at radius 3 is 2.74 bits per heavy atom. The van der Waals surface area contributed by atoms with Crippen LogP contribution in [-0.4, -0.2) is 33.5 Å². The van der Waals surface area contributed by atoms with Crippen LogP contribution < -0.4 is 9.62 Å². The molecule has 106 valence electrons. The maximum Gasteiger partial charge on any atom is 0.241 e. The van der Waals surface area contributed by atoms with Gasteiger partial charge in [0.15, 0.2) is 0 Å². The van der Waals surface area contributed by atoms with Crippen molar-refractivity contribution in [3.8, 4) is 0 Å². The lowest BCUT2D eigenvalue weighted by Gasteiger charge is -2.21. The molecule has 1 N–H and O–H groups in total. The molecule has 1 saturated heterocycles. The van der Waals surface area contributed by atoms with Crippen molar-refractivity contribution < 1.29 is 8.42 Å². The van der Waals surface area contributed by atoms with E-state index in [1.807, 2.05) is 0 Å². The summed E-state index contributed by atoms with van der Waals surface area (Å²) in [6.45, 7) is 4.27. The van der Waals surface area contributed by atoms with E-state index >= 15 is 0 Å². The first kappa shape index (κ1) is 14.3. The third kappa shape index (κ3) is 3.45. The lowest BCUT2D eigenvalue weighted by atomic mass is 10.0. The number of nitrogens with zero attached hydrogens (tertiary/aromatic N) is 2. The van der Waals surface area contributed by atoms with Crippen molar-refractivity contribution in [3.63, 3.8) is 0 Å². The fraction of sp³-hybridized carbons (Fsp3) is 0.615. The van der Waals surface area contributed by atoms with Gasteiger partial charge >= 0.3 is 0 Å². The highest BCUT2D eigenvalue weighted by molar-refractivity contribution is 7.89. The van der Waals surface area contributed by atoms with Crippen molar-refractivity contribution in [2.45, 2.75) is 31.1 Å². The van der Waals surface area contributed by atoms with E-state index < -0.39 is 10.0 Å². The molecule has 0 bridgehead atoms. The predicted molar refractivity (Wildman–Crippen MR) is 75.7 cm³/mol. The largest absolute Gasteiger partial charge is 0.357 e. The van der Waals surface area contributed by atoms with Crippen molar-refractivity contribution >= 4 is 15.8 Å². The predicted octanol–water partition coefficient (Wildman–Crippen LogP) is 1.62. The molecule has 6 heteroatoms. The first-order valence-corrected chi connectivity index (χ1v) is 8.16. The van der Waals surface area contributed by atoms with E-state index in [9.17, 15) is 8.42 Å². The van der Waals surface area contributed by atoms with E-state index in [2.05, 4.69) is 21.5 Å². The van der Waals surface area contributed by atoms with Gasteiger partial charge < -0.3 is 4.90 Å². The van der Waals surface area contributed by atoms with Gasteiger partial charge in [0.2, 0.25) is 10.0 Å². The van der Waals surface area contributed by atoms with Gasteiger partial charge in [0, 0.05) is 19.3 Å². The number of nitrogens with one attached hydrogen (secondary N) is 1. The van der Waals surface area contributed by atoms with Gasteiger partial charge in [-0.05, 0) is 44.4 Å². The van der Waals surface area contributed by atoms with Gasteiger partial charge in [-0.2, -0.15) is 0 Å². The van der Waals surface area contributed by atoms with Crippen LogP contribution in [0.4, 0.5) is 5.82 Å². The lowest BCUT2D eigenvalue weighted by molar-refractivity contribution is 0.521. The van der Waals surface area contributed by atoms with E-state index in [-0.39, 0.29) is 4.90 Å². The summed E-state index contributed by atoms with van der Waals surface area (Å²) in [5.74, 6) is 1.62. The Balaban J connectivity index is 2.14. The van der Waals surface area contributed by atoms with E-state index in [4.69, 9.17) is 0 Å². The summed E-state index contributed by atoms with van der Waals surface area (Å²) in [5.41, 5.74) is 0. The summed E-state index contributed by atoms with van der Waals surface area (Å²) in [5, 5.41) is 0. The van der Waals surface area contributed by atoms with Crippen LogP contribution in [0.15, 0.2) is 23.2 Å². The molecule has 19 heavy (non-hydrogen) atoms. The van der Waals surface area contributed by atoms with E-state index in [1.165, 1.54) is 26.1 Å². The van der Waals surface area contributed by atoms with Gasteiger partial charge in [0.1, 0.15) is 10.7 Å². The molecule has 1 aromatic rings. The molecule has 1 unspecified atom stereocenters. The summed E-state index contributed by atoms with van der Waals surface area (Å²) in [4.78, 5) is 6.74. The zero-order chi connectivity index (χ0) is 13.9. The molecule has 1 aliphatic heterocycles.